The van der Waals surface area contributed by atoms with Crippen LogP contribution in [0, 0.1) is 11.8 Å². The molecule has 2 aliphatic rings. The summed E-state index contributed by atoms with van der Waals surface area (Å²) in [6, 6.07) is 0. The van der Waals surface area contributed by atoms with Gasteiger partial charge in [0.05, 0.1) is 13.2 Å². The molecule has 102 valence electrons. The molecule has 0 N–H and O–H groups in total. The number of ether oxygens (including phenoxy) is 2. The predicted molar refractivity (Wildman–Crippen MR) is 74.3 cm³/mol. The Morgan fingerprint density at radius 2 is 1.39 bits per heavy atom. The van der Waals surface area contributed by atoms with Gasteiger partial charge >= 0.3 is 0 Å². The Kier molecular flexibility index (Phi) is 5.95. The van der Waals surface area contributed by atoms with Gasteiger partial charge in [0.2, 0.25) is 0 Å². The van der Waals surface area contributed by atoms with E-state index in [0.717, 1.165) is 13.2 Å². The Hall–Kier alpha value is -0.600. The molecule has 2 nitrogen and oxygen atoms in total. The molecule has 18 heavy (non-hydrogen) atoms. The smallest absolute Gasteiger partial charge is 0.154 e. The van der Waals surface area contributed by atoms with Crippen molar-refractivity contribution in [3.63, 3.8) is 0 Å². The summed E-state index contributed by atoms with van der Waals surface area (Å²) in [7, 11) is 0. The van der Waals surface area contributed by atoms with Crippen molar-refractivity contribution in [1.29, 1.82) is 0 Å². The fourth-order valence-corrected chi connectivity index (χ4v) is 2.61. The molecule has 0 aliphatic heterocycles. The third-order valence-corrected chi connectivity index (χ3v) is 3.89. The number of allylic oxidation sites excluding steroid dienone is 4. The van der Waals surface area contributed by atoms with Crippen molar-refractivity contribution in [3.05, 3.63) is 24.3 Å². The van der Waals surface area contributed by atoms with Gasteiger partial charge in [0.25, 0.3) is 0 Å². The Morgan fingerprint density at radius 1 is 0.889 bits per heavy atom. The minimum Gasteiger partial charge on any atom is -0.353 e. The first kappa shape index (κ1) is 13.8. The maximum absolute atomic E-state index is 5.80. The highest BCUT2D eigenvalue weighted by molar-refractivity contribution is 4.90. The van der Waals surface area contributed by atoms with Gasteiger partial charge in [-0.1, -0.05) is 24.3 Å². The average molecular weight is 250 g/mol. The fraction of sp³-hybridized carbons (Fsp3) is 0.750. The largest absolute Gasteiger partial charge is 0.353 e. The van der Waals surface area contributed by atoms with Crippen LogP contribution in [-0.4, -0.2) is 19.5 Å². The molecule has 0 aromatic carbocycles. The first-order valence-corrected chi connectivity index (χ1v) is 7.38. The average Bonchev–Trinajstić information content (AvgIpc) is 2.45. The molecule has 0 heterocycles. The Labute approximate surface area is 111 Å². The third-order valence-electron chi connectivity index (χ3n) is 3.89. The molecule has 0 radical (unpaired) electrons. The van der Waals surface area contributed by atoms with Crippen molar-refractivity contribution < 1.29 is 9.47 Å². The van der Waals surface area contributed by atoms with Crippen molar-refractivity contribution in [2.75, 3.05) is 13.2 Å². The van der Waals surface area contributed by atoms with E-state index in [9.17, 15) is 0 Å². The quantitative estimate of drug-likeness (QED) is 0.522. The molecular weight excluding hydrogens is 224 g/mol. The van der Waals surface area contributed by atoms with Gasteiger partial charge in [-0.05, 0) is 57.3 Å². The van der Waals surface area contributed by atoms with Crippen molar-refractivity contribution in [2.45, 2.75) is 51.7 Å². The Balaban J connectivity index is 1.55. The van der Waals surface area contributed by atoms with Crippen LogP contribution in [0.3, 0.4) is 0 Å². The van der Waals surface area contributed by atoms with E-state index in [0.29, 0.717) is 11.8 Å². The molecule has 2 aliphatic carbocycles. The van der Waals surface area contributed by atoms with Crippen molar-refractivity contribution in [1.82, 2.24) is 0 Å². The molecular formula is C16H26O2. The zero-order valence-electron chi connectivity index (χ0n) is 11.5. The van der Waals surface area contributed by atoms with E-state index >= 15 is 0 Å². The zero-order valence-corrected chi connectivity index (χ0v) is 11.5. The van der Waals surface area contributed by atoms with Crippen LogP contribution < -0.4 is 0 Å². The Bertz CT molecular complexity index is 255. The van der Waals surface area contributed by atoms with Crippen molar-refractivity contribution >= 4 is 0 Å². The van der Waals surface area contributed by atoms with Gasteiger partial charge in [-0.25, -0.2) is 0 Å². The first-order valence-electron chi connectivity index (χ1n) is 7.38. The molecule has 0 saturated heterocycles. The summed E-state index contributed by atoms with van der Waals surface area (Å²) >= 11 is 0. The molecule has 0 fully saturated rings. The van der Waals surface area contributed by atoms with Crippen LogP contribution in [-0.2, 0) is 9.47 Å². The number of hydrogen-bond donors (Lipinski definition) is 0. The summed E-state index contributed by atoms with van der Waals surface area (Å²) in [5.41, 5.74) is 0. The first-order chi connectivity index (χ1) is 8.84. The molecule has 2 heteroatoms. The van der Waals surface area contributed by atoms with Gasteiger partial charge in [0.1, 0.15) is 0 Å². The highest BCUT2D eigenvalue weighted by Gasteiger charge is 2.14. The van der Waals surface area contributed by atoms with Crippen molar-refractivity contribution in [3.8, 4) is 0 Å². The topological polar surface area (TPSA) is 18.5 Å². The van der Waals surface area contributed by atoms with Gasteiger partial charge in [0.15, 0.2) is 6.29 Å². The highest BCUT2D eigenvalue weighted by Crippen LogP contribution is 2.20. The third kappa shape index (κ3) is 4.95. The van der Waals surface area contributed by atoms with Crippen LogP contribution in [0.4, 0.5) is 0 Å². The summed E-state index contributed by atoms with van der Waals surface area (Å²) in [5, 5.41) is 0. The van der Waals surface area contributed by atoms with Gasteiger partial charge < -0.3 is 9.47 Å². The molecule has 2 atom stereocenters. The molecule has 0 aromatic heterocycles. The number of rotatable bonds is 6. The van der Waals surface area contributed by atoms with E-state index in [1.54, 1.807) is 0 Å². The van der Waals surface area contributed by atoms with Crippen LogP contribution in [0.15, 0.2) is 24.3 Å². The molecule has 0 saturated carbocycles. The van der Waals surface area contributed by atoms with E-state index in [4.69, 9.17) is 9.47 Å². The standard InChI is InChI=1S/C16H26O2/c1-14(17-12-15-8-4-2-5-9-15)18-13-16-10-6-3-7-11-16/h2-4,6,14-16H,5,7-13H2,1H3. The summed E-state index contributed by atoms with van der Waals surface area (Å²) < 4.78 is 11.6. The van der Waals surface area contributed by atoms with Gasteiger partial charge in [-0.2, -0.15) is 0 Å². The molecule has 2 unspecified atom stereocenters. The molecule has 0 amide bonds. The van der Waals surface area contributed by atoms with Crippen LogP contribution in [0.5, 0.6) is 0 Å². The van der Waals surface area contributed by atoms with E-state index in [-0.39, 0.29) is 6.29 Å². The zero-order chi connectivity index (χ0) is 12.6. The highest BCUT2D eigenvalue weighted by atomic mass is 16.7. The molecule has 0 aromatic rings. The SMILES string of the molecule is CC(OCC1CC=CCC1)OCC1CC=CCC1. The van der Waals surface area contributed by atoms with E-state index in [1.165, 1.54) is 38.5 Å². The predicted octanol–water partition coefficient (Wildman–Crippen LogP) is 4.08. The second-order valence-corrected chi connectivity index (χ2v) is 5.54. The van der Waals surface area contributed by atoms with E-state index in [2.05, 4.69) is 24.3 Å². The van der Waals surface area contributed by atoms with Crippen LogP contribution in [0.1, 0.15) is 45.4 Å². The monoisotopic (exact) mass is 250 g/mol. The van der Waals surface area contributed by atoms with Crippen LogP contribution in [0.2, 0.25) is 0 Å². The minimum atomic E-state index is -0.0539. The lowest BCUT2D eigenvalue weighted by molar-refractivity contribution is -0.146. The number of hydrogen-bond acceptors (Lipinski definition) is 2. The molecule has 2 rings (SSSR count). The second-order valence-electron chi connectivity index (χ2n) is 5.54. The van der Waals surface area contributed by atoms with Crippen molar-refractivity contribution in [2.24, 2.45) is 11.8 Å². The second kappa shape index (κ2) is 7.75. The minimum absolute atomic E-state index is 0.0539. The Morgan fingerprint density at radius 3 is 1.78 bits per heavy atom. The molecule has 0 spiro atoms. The fourth-order valence-electron chi connectivity index (χ4n) is 2.61. The summed E-state index contributed by atoms with van der Waals surface area (Å²) in [4.78, 5) is 0. The van der Waals surface area contributed by atoms with E-state index < -0.39 is 0 Å². The maximum atomic E-state index is 5.80. The van der Waals surface area contributed by atoms with Crippen LogP contribution >= 0.6 is 0 Å². The summed E-state index contributed by atoms with van der Waals surface area (Å²) in [6.07, 6.45) is 16.3. The lowest BCUT2D eigenvalue weighted by atomic mass is 9.95. The summed E-state index contributed by atoms with van der Waals surface area (Å²) in [5.74, 6) is 1.39. The van der Waals surface area contributed by atoms with E-state index in [1.807, 2.05) is 6.92 Å². The van der Waals surface area contributed by atoms with Gasteiger partial charge in [-0.15, -0.1) is 0 Å². The summed E-state index contributed by atoms with van der Waals surface area (Å²) in [6.45, 7) is 3.71. The lowest BCUT2D eigenvalue weighted by Gasteiger charge is -2.23. The molecule has 0 bridgehead atoms. The lowest BCUT2D eigenvalue weighted by Crippen LogP contribution is -2.22. The maximum Gasteiger partial charge on any atom is 0.154 e. The normalized spacial score (nSPS) is 29.4. The van der Waals surface area contributed by atoms with Gasteiger partial charge in [-0.3, -0.25) is 0 Å². The van der Waals surface area contributed by atoms with Crippen LogP contribution in [0.25, 0.3) is 0 Å². The van der Waals surface area contributed by atoms with Gasteiger partial charge in [0, 0.05) is 0 Å².